The van der Waals surface area contributed by atoms with Gasteiger partial charge in [0.05, 0.1) is 0 Å². The average molecular weight is 285 g/mol. The molecule has 0 amide bonds. The predicted molar refractivity (Wildman–Crippen MR) is 74.3 cm³/mol. The van der Waals surface area contributed by atoms with Gasteiger partial charge in [-0.15, -0.1) is 0 Å². The van der Waals surface area contributed by atoms with E-state index in [1.54, 1.807) is 0 Å². The molecule has 0 heterocycles. The second-order valence-corrected chi connectivity index (χ2v) is 5.43. The van der Waals surface area contributed by atoms with Crippen molar-refractivity contribution >= 4 is 21.6 Å². The Labute approximate surface area is 107 Å². The van der Waals surface area contributed by atoms with E-state index < -0.39 is 0 Å². The smallest absolute Gasteiger partial charge is 0.0461 e. The molecule has 0 atom stereocenters. The first-order chi connectivity index (χ1) is 7.52. The molecule has 0 saturated carbocycles. The van der Waals surface area contributed by atoms with Gasteiger partial charge in [-0.2, -0.15) is 0 Å². The lowest BCUT2D eigenvalue weighted by Crippen LogP contribution is -2.27. The maximum Gasteiger partial charge on any atom is 0.0461 e. The number of hydrogen-bond acceptors (Lipinski definition) is 2. The van der Waals surface area contributed by atoms with Crippen LogP contribution in [0.3, 0.4) is 0 Å². The summed E-state index contributed by atoms with van der Waals surface area (Å²) >= 11 is 3.41. The first-order valence-corrected chi connectivity index (χ1v) is 6.58. The molecule has 2 nitrogen and oxygen atoms in total. The molecule has 0 saturated heterocycles. The largest absolute Gasteiger partial charge is 0.398 e. The lowest BCUT2D eigenvalue weighted by atomic mass is 10.1. The summed E-state index contributed by atoms with van der Waals surface area (Å²) in [6.45, 7) is 9.88. The Bertz CT molecular complexity index is 337. The van der Waals surface area contributed by atoms with Gasteiger partial charge in [-0.05, 0) is 46.1 Å². The Morgan fingerprint density at radius 3 is 2.56 bits per heavy atom. The van der Waals surface area contributed by atoms with E-state index >= 15 is 0 Å². The fraction of sp³-hybridized carbons (Fsp3) is 0.538. The van der Waals surface area contributed by atoms with Gasteiger partial charge < -0.3 is 5.73 Å². The van der Waals surface area contributed by atoms with Gasteiger partial charge in [-0.3, -0.25) is 4.90 Å². The summed E-state index contributed by atoms with van der Waals surface area (Å²) in [5.41, 5.74) is 7.97. The first kappa shape index (κ1) is 13.5. The highest BCUT2D eigenvalue weighted by Gasteiger charge is 2.06. The molecule has 1 aromatic rings. The van der Waals surface area contributed by atoms with E-state index in [1.807, 2.05) is 12.1 Å². The summed E-state index contributed by atoms with van der Waals surface area (Å²) < 4.78 is 0.975. The van der Waals surface area contributed by atoms with Gasteiger partial charge in [0.15, 0.2) is 0 Å². The lowest BCUT2D eigenvalue weighted by molar-refractivity contribution is 0.248. The molecule has 90 valence electrons. The van der Waals surface area contributed by atoms with Crippen molar-refractivity contribution in [3.05, 3.63) is 28.2 Å². The fourth-order valence-electron chi connectivity index (χ4n) is 1.77. The van der Waals surface area contributed by atoms with Crippen LogP contribution in [0.15, 0.2) is 22.7 Å². The van der Waals surface area contributed by atoms with Crippen LogP contribution in [0.5, 0.6) is 0 Å². The second kappa shape index (κ2) is 6.26. The Balaban J connectivity index is 2.66. The molecule has 0 aliphatic rings. The van der Waals surface area contributed by atoms with Gasteiger partial charge in [0.2, 0.25) is 0 Å². The van der Waals surface area contributed by atoms with E-state index in [1.165, 1.54) is 5.56 Å². The zero-order valence-corrected chi connectivity index (χ0v) is 11.9. The molecule has 0 spiro atoms. The molecule has 0 aromatic heterocycles. The topological polar surface area (TPSA) is 29.3 Å². The third-order valence-electron chi connectivity index (χ3n) is 2.54. The van der Waals surface area contributed by atoms with Crippen LogP contribution in [0.2, 0.25) is 0 Å². The van der Waals surface area contributed by atoms with Crippen molar-refractivity contribution in [2.24, 2.45) is 5.92 Å². The molecular weight excluding hydrogens is 264 g/mol. The minimum atomic E-state index is 0.702. The van der Waals surface area contributed by atoms with Crippen molar-refractivity contribution < 1.29 is 0 Å². The van der Waals surface area contributed by atoms with Crippen LogP contribution in [0, 0.1) is 5.92 Å². The van der Waals surface area contributed by atoms with E-state index in [0.29, 0.717) is 5.92 Å². The van der Waals surface area contributed by atoms with Crippen molar-refractivity contribution in [1.29, 1.82) is 0 Å². The zero-order chi connectivity index (χ0) is 12.1. The highest BCUT2D eigenvalue weighted by atomic mass is 79.9. The van der Waals surface area contributed by atoms with Crippen molar-refractivity contribution in [3.63, 3.8) is 0 Å². The fourth-order valence-corrected chi connectivity index (χ4v) is 2.02. The molecule has 0 fully saturated rings. The van der Waals surface area contributed by atoms with Crippen LogP contribution < -0.4 is 5.73 Å². The number of halogens is 1. The van der Waals surface area contributed by atoms with Gasteiger partial charge in [0.1, 0.15) is 0 Å². The van der Waals surface area contributed by atoms with Gasteiger partial charge >= 0.3 is 0 Å². The Kier molecular flexibility index (Phi) is 5.29. The molecule has 0 radical (unpaired) electrons. The average Bonchev–Trinajstić information content (AvgIpc) is 2.22. The Morgan fingerprint density at radius 1 is 1.38 bits per heavy atom. The molecule has 0 aliphatic carbocycles. The SMILES string of the molecule is CCN(Cc1ccc(Br)c(N)c1)CC(C)C. The van der Waals surface area contributed by atoms with Gasteiger partial charge in [-0.1, -0.05) is 26.8 Å². The molecule has 2 N–H and O–H groups in total. The molecule has 0 bridgehead atoms. The second-order valence-electron chi connectivity index (χ2n) is 4.58. The Hall–Kier alpha value is -0.540. The maximum atomic E-state index is 5.87. The summed E-state index contributed by atoms with van der Waals surface area (Å²) in [6, 6.07) is 6.20. The van der Waals surface area contributed by atoms with Gasteiger partial charge in [0, 0.05) is 23.2 Å². The van der Waals surface area contributed by atoms with E-state index in [-0.39, 0.29) is 0 Å². The summed E-state index contributed by atoms with van der Waals surface area (Å²) in [4.78, 5) is 2.44. The standard InChI is InChI=1S/C13H21BrN2/c1-4-16(8-10(2)3)9-11-5-6-12(14)13(15)7-11/h5-7,10H,4,8-9,15H2,1-3H3. The summed E-state index contributed by atoms with van der Waals surface area (Å²) in [6.07, 6.45) is 0. The lowest BCUT2D eigenvalue weighted by Gasteiger charge is -2.22. The highest BCUT2D eigenvalue weighted by molar-refractivity contribution is 9.10. The number of nitrogens with zero attached hydrogens (tertiary/aromatic N) is 1. The van der Waals surface area contributed by atoms with E-state index in [9.17, 15) is 0 Å². The number of nitrogens with two attached hydrogens (primary N) is 1. The minimum Gasteiger partial charge on any atom is -0.398 e. The monoisotopic (exact) mass is 284 g/mol. The molecule has 16 heavy (non-hydrogen) atoms. The van der Waals surface area contributed by atoms with Crippen LogP contribution in [0.4, 0.5) is 5.69 Å². The number of hydrogen-bond donors (Lipinski definition) is 1. The molecule has 3 heteroatoms. The molecule has 0 unspecified atom stereocenters. The first-order valence-electron chi connectivity index (χ1n) is 5.79. The van der Waals surface area contributed by atoms with Crippen LogP contribution in [-0.2, 0) is 6.54 Å². The minimum absolute atomic E-state index is 0.702. The van der Waals surface area contributed by atoms with E-state index in [4.69, 9.17) is 5.73 Å². The highest BCUT2D eigenvalue weighted by Crippen LogP contribution is 2.21. The predicted octanol–water partition coefficient (Wildman–Crippen LogP) is 3.51. The summed E-state index contributed by atoms with van der Waals surface area (Å²) in [5.74, 6) is 0.702. The van der Waals surface area contributed by atoms with E-state index in [0.717, 1.165) is 29.8 Å². The molecule has 0 aliphatic heterocycles. The van der Waals surface area contributed by atoms with Crippen LogP contribution in [-0.4, -0.2) is 18.0 Å². The van der Waals surface area contributed by atoms with Crippen LogP contribution in [0.25, 0.3) is 0 Å². The molecular formula is C13H21BrN2. The van der Waals surface area contributed by atoms with Gasteiger partial charge in [-0.25, -0.2) is 0 Å². The van der Waals surface area contributed by atoms with Crippen molar-refractivity contribution in [2.75, 3.05) is 18.8 Å². The zero-order valence-electron chi connectivity index (χ0n) is 10.3. The van der Waals surface area contributed by atoms with Crippen molar-refractivity contribution in [3.8, 4) is 0 Å². The van der Waals surface area contributed by atoms with E-state index in [2.05, 4.69) is 47.7 Å². The van der Waals surface area contributed by atoms with Gasteiger partial charge in [0.25, 0.3) is 0 Å². The maximum absolute atomic E-state index is 5.87. The quantitative estimate of drug-likeness (QED) is 0.839. The van der Waals surface area contributed by atoms with Crippen molar-refractivity contribution in [1.82, 2.24) is 4.90 Å². The number of nitrogen functional groups attached to an aromatic ring is 1. The normalized spacial score (nSPS) is 11.4. The molecule has 1 aromatic carbocycles. The Morgan fingerprint density at radius 2 is 2.06 bits per heavy atom. The third kappa shape index (κ3) is 4.14. The number of benzene rings is 1. The molecule has 1 rings (SSSR count). The van der Waals surface area contributed by atoms with Crippen molar-refractivity contribution in [2.45, 2.75) is 27.3 Å². The number of anilines is 1. The van der Waals surface area contributed by atoms with Crippen LogP contribution in [0.1, 0.15) is 26.3 Å². The summed E-state index contributed by atoms with van der Waals surface area (Å²) in [7, 11) is 0. The summed E-state index contributed by atoms with van der Waals surface area (Å²) in [5, 5.41) is 0. The number of rotatable bonds is 5. The van der Waals surface area contributed by atoms with Crippen LogP contribution >= 0.6 is 15.9 Å². The third-order valence-corrected chi connectivity index (χ3v) is 3.26.